The van der Waals surface area contributed by atoms with Crippen molar-refractivity contribution >= 4 is 34.8 Å². The van der Waals surface area contributed by atoms with Gasteiger partial charge in [-0.15, -0.1) is 0 Å². The maximum atomic E-state index is 12.8. The molecule has 0 bridgehead atoms. The highest BCUT2D eigenvalue weighted by molar-refractivity contribution is 6.45. The molecule has 1 aromatic rings. The van der Waals surface area contributed by atoms with Crippen LogP contribution in [0.5, 0.6) is 0 Å². The maximum Gasteiger partial charge on any atom is 0.275 e. The summed E-state index contributed by atoms with van der Waals surface area (Å²) in [5.74, 6) is 0.197. The molecule has 1 fully saturated rings. The molecule has 10 heteroatoms. The Bertz CT molecular complexity index is 868. The van der Waals surface area contributed by atoms with E-state index in [1.165, 1.54) is 6.20 Å². The summed E-state index contributed by atoms with van der Waals surface area (Å²) < 4.78 is 11.0. The molecule has 1 aliphatic rings. The number of nitrogens with two attached hydrogens (primary N) is 1. The highest BCUT2D eigenvalue weighted by atomic mass is 35.5. The standard InChI is InChI=1S/C23H33Cl2N5O3/c1-3-21(28-16-18-4-5-19(24)20(25)14-18)29-23(31)22(17(2)15-26)27-6-10-32-11-7-30-8-12-33-13-9-30/h3-5,14-15,28H,6-13,16,26H2,1-2H3,(H,29,31)/b17-15-,21-3?,27-22?. The minimum atomic E-state index is -0.350. The van der Waals surface area contributed by atoms with E-state index < -0.39 is 0 Å². The predicted octanol–water partition coefficient (Wildman–Crippen LogP) is 2.71. The van der Waals surface area contributed by atoms with Crippen LogP contribution in [0.1, 0.15) is 19.4 Å². The Labute approximate surface area is 205 Å². The molecule has 0 radical (unpaired) electrons. The summed E-state index contributed by atoms with van der Waals surface area (Å²) in [5.41, 5.74) is 7.43. The summed E-state index contributed by atoms with van der Waals surface area (Å²) in [7, 11) is 0. The summed E-state index contributed by atoms with van der Waals surface area (Å²) in [4.78, 5) is 19.6. The highest BCUT2D eigenvalue weighted by Crippen LogP contribution is 2.22. The number of hydrogen-bond donors (Lipinski definition) is 3. The molecule has 2 rings (SSSR count). The molecule has 0 aliphatic carbocycles. The molecule has 1 aliphatic heterocycles. The van der Waals surface area contributed by atoms with Crippen molar-refractivity contribution in [1.29, 1.82) is 0 Å². The van der Waals surface area contributed by atoms with Gasteiger partial charge < -0.3 is 25.8 Å². The van der Waals surface area contributed by atoms with E-state index in [9.17, 15) is 4.79 Å². The van der Waals surface area contributed by atoms with E-state index in [1.54, 1.807) is 25.1 Å². The van der Waals surface area contributed by atoms with Crippen molar-refractivity contribution in [1.82, 2.24) is 15.5 Å². The lowest BCUT2D eigenvalue weighted by molar-refractivity contribution is -0.114. The summed E-state index contributed by atoms with van der Waals surface area (Å²) >= 11 is 12.0. The number of benzene rings is 1. The van der Waals surface area contributed by atoms with Gasteiger partial charge in [0.1, 0.15) is 11.5 Å². The minimum Gasteiger partial charge on any atom is -0.404 e. The average molecular weight is 498 g/mol. The number of rotatable bonds is 12. The van der Waals surface area contributed by atoms with Crippen LogP contribution in [0.15, 0.2) is 46.9 Å². The molecule has 0 unspecified atom stereocenters. The molecule has 1 heterocycles. The van der Waals surface area contributed by atoms with Crippen LogP contribution in [0.2, 0.25) is 10.0 Å². The zero-order valence-electron chi connectivity index (χ0n) is 19.2. The summed E-state index contributed by atoms with van der Waals surface area (Å²) in [6, 6.07) is 5.38. The van der Waals surface area contributed by atoms with E-state index in [-0.39, 0.29) is 11.6 Å². The number of carbonyl (C=O) groups excluding carboxylic acids is 1. The molecule has 0 spiro atoms. The van der Waals surface area contributed by atoms with E-state index in [2.05, 4.69) is 20.5 Å². The number of morpholine rings is 1. The molecule has 1 aromatic carbocycles. The van der Waals surface area contributed by atoms with E-state index in [4.69, 9.17) is 38.4 Å². The van der Waals surface area contributed by atoms with Crippen molar-refractivity contribution in [3.8, 4) is 0 Å². The predicted molar refractivity (Wildman–Crippen MR) is 134 cm³/mol. The minimum absolute atomic E-state index is 0.268. The third-order valence-corrected chi connectivity index (χ3v) is 5.74. The van der Waals surface area contributed by atoms with Gasteiger partial charge in [-0.05, 0) is 49.4 Å². The number of nitrogens with one attached hydrogen (secondary N) is 2. The number of hydrogen-bond acceptors (Lipinski definition) is 7. The molecule has 0 aromatic heterocycles. The molecule has 4 N–H and O–H groups in total. The molecule has 33 heavy (non-hydrogen) atoms. The Morgan fingerprint density at radius 1 is 1.27 bits per heavy atom. The third-order valence-electron chi connectivity index (χ3n) is 5.00. The quantitative estimate of drug-likeness (QED) is 0.303. The van der Waals surface area contributed by atoms with Crippen molar-refractivity contribution in [3.05, 3.63) is 57.5 Å². The zero-order chi connectivity index (χ0) is 24.1. The first-order valence-electron chi connectivity index (χ1n) is 10.9. The second-order valence-electron chi connectivity index (χ2n) is 7.40. The Morgan fingerprint density at radius 2 is 2.03 bits per heavy atom. The lowest BCUT2D eigenvalue weighted by atomic mass is 10.2. The topological polar surface area (TPSA) is 101 Å². The van der Waals surface area contributed by atoms with Crippen LogP contribution in [-0.2, 0) is 20.8 Å². The number of aliphatic imine (C=N–C) groups is 1. The lowest BCUT2D eigenvalue weighted by Gasteiger charge is -2.26. The van der Waals surface area contributed by atoms with Crippen LogP contribution < -0.4 is 16.4 Å². The van der Waals surface area contributed by atoms with Gasteiger partial charge in [-0.2, -0.15) is 0 Å². The first kappa shape index (κ1) is 27.1. The number of allylic oxidation sites excluding steroid dienone is 1. The second-order valence-corrected chi connectivity index (χ2v) is 8.22. The second kappa shape index (κ2) is 14.9. The van der Waals surface area contributed by atoms with E-state index >= 15 is 0 Å². The molecule has 8 nitrogen and oxygen atoms in total. The van der Waals surface area contributed by atoms with Crippen LogP contribution in [0.3, 0.4) is 0 Å². The van der Waals surface area contributed by atoms with Crippen LogP contribution in [0.25, 0.3) is 0 Å². The molecule has 1 saturated heterocycles. The largest absolute Gasteiger partial charge is 0.404 e. The van der Waals surface area contributed by atoms with Crippen LogP contribution in [-0.4, -0.2) is 69.1 Å². The average Bonchev–Trinajstić information content (AvgIpc) is 2.83. The molecule has 182 valence electrons. The van der Waals surface area contributed by atoms with Crippen molar-refractivity contribution in [2.24, 2.45) is 10.7 Å². The fourth-order valence-corrected chi connectivity index (χ4v) is 3.36. The normalized spacial score (nSPS) is 16.1. The van der Waals surface area contributed by atoms with Gasteiger partial charge in [0, 0.05) is 26.2 Å². The molecule has 0 atom stereocenters. The van der Waals surface area contributed by atoms with Crippen molar-refractivity contribution < 1.29 is 14.3 Å². The Hall–Kier alpha value is -2.10. The van der Waals surface area contributed by atoms with Gasteiger partial charge in [-0.25, -0.2) is 0 Å². The zero-order valence-corrected chi connectivity index (χ0v) is 20.7. The number of carbonyl (C=O) groups is 1. The SMILES string of the molecule is CC=C(NCc1ccc(Cl)c(Cl)c1)NC(=O)C(=NCCOCCN1CCOCC1)/C(C)=C\N. The van der Waals surface area contributed by atoms with Crippen molar-refractivity contribution in [3.63, 3.8) is 0 Å². The number of ether oxygens (including phenoxy) is 2. The van der Waals surface area contributed by atoms with Gasteiger partial charge in [-0.3, -0.25) is 14.7 Å². The Morgan fingerprint density at radius 3 is 2.70 bits per heavy atom. The van der Waals surface area contributed by atoms with Crippen LogP contribution >= 0.6 is 23.2 Å². The first-order chi connectivity index (χ1) is 15.9. The first-order valence-corrected chi connectivity index (χ1v) is 11.7. The molecular weight excluding hydrogens is 465 g/mol. The van der Waals surface area contributed by atoms with Gasteiger partial charge in [0.05, 0.1) is 43.0 Å². The summed E-state index contributed by atoms with van der Waals surface area (Å²) in [5, 5.41) is 6.99. The van der Waals surface area contributed by atoms with Crippen molar-refractivity contribution in [2.45, 2.75) is 20.4 Å². The van der Waals surface area contributed by atoms with E-state index in [0.717, 1.165) is 38.4 Å². The van der Waals surface area contributed by atoms with Gasteiger partial charge >= 0.3 is 0 Å². The summed E-state index contributed by atoms with van der Waals surface area (Å²) in [6.45, 7) is 9.68. The van der Waals surface area contributed by atoms with Gasteiger partial charge in [0.2, 0.25) is 0 Å². The summed E-state index contributed by atoms with van der Waals surface area (Å²) in [6.07, 6.45) is 3.14. The van der Waals surface area contributed by atoms with Crippen molar-refractivity contribution in [2.75, 3.05) is 52.6 Å². The van der Waals surface area contributed by atoms with Crippen LogP contribution in [0.4, 0.5) is 0 Å². The lowest BCUT2D eigenvalue weighted by Crippen LogP contribution is -2.38. The van der Waals surface area contributed by atoms with Crippen LogP contribution in [0, 0.1) is 0 Å². The molecule has 1 amide bonds. The smallest absolute Gasteiger partial charge is 0.275 e. The molecule has 0 saturated carbocycles. The third kappa shape index (κ3) is 9.73. The Kier molecular flexibility index (Phi) is 12.3. The fraction of sp³-hybridized carbons (Fsp3) is 0.478. The maximum absolute atomic E-state index is 12.8. The van der Waals surface area contributed by atoms with Gasteiger partial charge in [0.15, 0.2) is 0 Å². The monoisotopic (exact) mass is 497 g/mol. The van der Waals surface area contributed by atoms with Gasteiger partial charge in [0.25, 0.3) is 5.91 Å². The molecular formula is C23H33Cl2N5O3. The number of halogens is 2. The fourth-order valence-electron chi connectivity index (χ4n) is 3.04. The number of nitrogens with zero attached hydrogens (tertiary/aromatic N) is 2. The van der Waals surface area contributed by atoms with E-state index in [1.807, 2.05) is 13.0 Å². The number of amides is 1. The Balaban J connectivity index is 1.83. The van der Waals surface area contributed by atoms with Gasteiger partial charge in [-0.1, -0.05) is 29.3 Å². The highest BCUT2D eigenvalue weighted by Gasteiger charge is 2.15. The van der Waals surface area contributed by atoms with E-state index in [0.29, 0.717) is 47.7 Å².